The van der Waals surface area contributed by atoms with Crippen molar-refractivity contribution in [1.29, 1.82) is 0 Å². The van der Waals surface area contributed by atoms with Gasteiger partial charge in [-0.3, -0.25) is 9.48 Å². The molecule has 1 saturated heterocycles. The minimum absolute atomic E-state index is 0.0469. The Hall–Kier alpha value is -3.96. The molecule has 4 rings (SSSR count). The monoisotopic (exact) mass is 467 g/mol. The summed E-state index contributed by atoms with van der Waals surface area (Å²) in [6, 6.07) is 2.02. The van der Waals surface area contributed by atoms with Crippen LogP contribution in [0.25, 0.3) is 11.1 Å². The van der Waals surface area contributed by atoms with Crippen LogP contribution >= 0.6 is 0 Å². The SMILES string of the molecule is CCNC(=O)c1nc(OC)nc(N2CCC(COc3cc(-c4cnn(C)c4)cnc3N)CC2)n1. The molecule has 3 aromatic heterocycles. The Balaban J connectivity index is 1.37. The van der Waals surface area contributed by atoms with Crippen LogP contribution in [-0.4, -0.2) is 69.0 Å². The van der Waals surface area contributed by atoms with Gasteiger partial charge in [0.25, 0.3) is 5.91 Å². The number of nitrogens with two attached hydrogens (primary N) is 1. The predicted molar refractivity (Wildman–Crippen MR) is 126 cm³/mol. The Labute approximate surface area is 197 Å². The molecule has 3 aromatic rings. The van der Waals surface area contributed by atoms with Crippen molar-refractivity contribution in [2.24, 2.45) is 13.0 Å². The molecule has 1 amide bonds. The van der Waals surface area contributed by atoms with Gasteiger partial charge in [-0.25, -0.2) is 4.98 Å². The van der Waals surface area contributed by atoms with Gasteiger partial charge in [0.2, 0.25) is 11.8 Å². The van der Waals surface area contributed by atoms with E-state index in [1.54, 1.807) is 17.1 Å². The maximum absolute atomic E-state index is 12.2. The summed E-state index contributed by atoms with van der Waals surface area (Å²) < 4.78 is 13.0. The highest BCUT2D eigenvalue weighted by molar-refractivity contribution is 5.90. The van der Waals surface area contributed by atoms with Crippen LogP contribution in [0.3, 0.4) is 0 Å². The second kappa shape index (κ2) is 10.3. The number of ether oxygens (including phenoxy) is 2. The lowest BCUT2D eigenvalue weighted by molar-refractivity contribution is 0.0944. The van der Waals surface area contributed by atoms with E-state index in [-0.39, 0.29) is 17.7 Å². The Morgan fingerprint density at radius 2 is 2.00 bits per heavy atom. The number of aryl methyl sites for hydroxylation is 1. The van der Waals surface area contributed by atoms with Crippen LogP contribution in [0, 0.1) is 5.92 Å². The van der Waals surface area contributed by atoms with Gasteiger partial charge in [0, 0.05) is 50.2 Å². The van der Waals surface area contributed by atoms with Crippen molar-refractivity contribution < 1.29 is 14.3 Å². The lowest BCUT2D eigenvalue weighted by Gasteiger charge is -2.32. The summed E-state index contributed by atoms with van der Waals surface area (Å²) >= 11 is 0. The normalized spacial score (nSPS) is 14.1. The number of methoxy groups -OCH3 is 1. The van der Waals surface area contributed by atoms with E-state index in [9.17, 15) is 4.79 Å². The first-order valence-electron chi connectivity index (χ1n) is 11.2. The van der Waals surface area contributed by atoms with Crippen molar-refractivity contribution in [3.63, 3.8) is 0 Å². The van der Waals surface area contributed by atoms with Crippen molar-refractivity contribution in [1.82, 2.24) is 35.0 Å². The summed E-state index contributed by atoms with van der Waals surface area (Å²) in [6.07, 6.45) is 7.16. The summed E-state index contributed by atoms with van der Waals surface area (Å²) in [5.41, 5.74) is 7.90. The van der Waals surface area contributed by atoms with Crippen LogP contribution in [0.1, 0.15) is 30.4 Å². The Bertz CT molecular complexity index is 1140. The van der Waals surface area contributed by atoms with Crippen molar-refractivity contribution in [2.75, 3.05) is 44.0 Å². The van der Waals surface area contributed by atoms with E-state index in [1.165, 1.54) is 7.11 Å². The van der Waals surface area contributed by atoms with Crippen LogP contribution in [0.15, 0.2) is 24.7 Å². The van der Waals surface area contributed by atoms with Gasteiger partial charge >= 0.3 is 6.01 Å². The molecular weight excluding hydrogens is 438 g/mol. The molecule has 0 aliphatic carbocycles. The molecule has 0 aromatic carbocycles. The second-order valence-electron chi connectivity index (χ2n) is 8.06. The average Bonchev–Trinajstić information content (AvgIpc) is 3.30. The highest BCUT2D eigenvalue weighted by Crippen LogP contribution is 2.28. The number of hydrogen-bond acceptors (Lipinski definition) is 10. The van der Waals surface area contributed by atoms with Gasteiger partial charge in [-0.05, 0) is 31.7 Å². The molecule has 1 aliphatic rings. The van der Waals surface area contributed by atoms with Crippen molar-refractivity contribution in [3.05, 3.63) is 30.5 Å². The molecule has 3 N–H and O–H groups in total. The van der Waals surface area contributed by atoms with Gasteiger partial charge < -0.3 is 25.4 Å². The lowest BCUT2D eigenvalue weighted by Crippen LogP contribution is -2.37. The van der Waals surface area contributed by atoms with Gasteiger partial charge in [-0.1, -0.05) is 0 Å². The summed E-state index contributed by atoms with van der Waals surface area (Å²) in [5, 5.41) is 6.90. The summed E-state index contributed by atoms with van der Waals surface area (Å²) in [4.78, 5) is 31.2. The zero-order valence-electron chi connectivity index (χ0n) is 19.6. The molecule has 0 spiro atoms. The number of carbonyl (C=O) groups excluding carboxylic acids is 1. The summed E-state index contributed by atoms with van der Waals surface area (Å²) in [5.74, 6) is 1.39. The fourth-order valence-electron chi connectivity index (χ4n) is 3.73. The van der Waals surface area contributed by atoms with E-state index >= 15 is 0 Å². The van der Waals surface area contributed by atoms with Gasteiger partial charge in [-0.15, -0.1) is 0 Å². The summed E-state index contributed by atoms with van der Waals surface area (Å²) in [7, 11) is 3.33. The van der Waals surface area contributed by atoms with Crippen molar-refractivity contribution >= 4 is 17.7 Å². The zero-order valence-corrected chi connectivity index (χ0v) is 19.6. The maximum Gasteiger partial charge on any atom is 0.321 e. The molecule has 0 unspecified atom stereocenters. The molecule has 180 valence electrons. The number of aromatic nitrogens is 6. The summed E-state index contributed by atoms with van der Waals surface area (Å²) in [6.45, 7) is 4.29. The van der Waals surface area contributed by atoms with E-state index in [4.69, 9.17) is 15.2 Å². The van der Waals surface area contributed by atoms with Crippen molar-refractivity contribution in [3.8, 4) is 22.9 Å². The fraction of sp³-hybridized carbons (Fsp3) is 0.455. The van der Waals surface area contributed by atoms with Gasteiger partial charge in [0.15, 0.2) is 11.6 Å². The molecule has 0 saturated carbocycles. The minimum Gasteiger partial charge on any atom is -0.489 e. The van der Waals surface area contributed by atoms with Gasteiger partial charge in [-0.2, -0.15) is 20.1 Å². The number of nitrogen functional groups attached to an aromatic ring is 1. The first-order chi connectivity index (χ1) is 16.5. The maximum atomic E-state index is 12.2. The van der Waals surface area contributed by atoms with E-state index < -0.39 is 0 Å². The van der Waals surface area contributed by atoms with E-state index in [1.807, 2.05) is 31.1 Å². The first-order valence-corrected chi connectivity index (χ1v) is 11.2. The largest absolute Gasteiger partial charge is 0.489 e. The molecule has 0 atom stereocenters. The molecule has 12 heteroatoms. The lowest BCUT2D eigenvalue weighted by atomic mass is 9.98. The molecule has 1 aliphatic heterocycles. The number of hydrogen-bond donors (Lipinski definition) is 2. The quantitative estimate of drug-likeness (QED) is 0.497. The molecule has 1 fully saturated rings. The number of amides is 1. The fourth-order valence-corrected chi connectivity index (χ4v) is 3.73. The smallest absolute Gasteiger partial charge is 0.321 e. The third-order valence-corrected chi connectivity index (χ3v) is 5.62. The Kier molecular flexibility index (Phi) is 7.04. The third kappa shape index (κ3) is 5.33. The Morgan fingerprint density at radius 3 is 2.68 bits per heavy atom. The average molecular weight is 468 g/mol. The first kappa shape index (κ1) is 23.2. The number of nitrogens with one attached hydrogen (secondary N) is 1. The van der Waals surface area contributed by atoms with Gasteiger partial charge in [0.05, 0.1) is 19.9 Å². The molecule has 0 bridgehead atoms. The molecule has 12 nitrogen and oxygen atoms in total. The minimum atomic E-state index is -0.354. The number of anilines is 2. The molecule has 4 heterocycles. The number of rotatable bonds is 8. The highest BCUT2D eigenvalue weighted by atomic mass is 16.5. The second-order valence-corrected chi connectivity index (χ2v) is 8.06. The Morgan fingerprint density at radius 1 is 1.21 bits per heavy atom. The molecule has 0 radical (unpaired) electrons. The van der Waals surface area contributed by atoms with E-state index in [0.717, 1.165) is 37.1 Å². The number of carbonyl (C=O) groups is 1. The third-order valence-electron chi connectivity index (χ3n) is 5.62. The highest BCUT2D eigenvalue weighted by Gasteiger charge is 2.24. The topological polar surface area (TPSA) is 146 Å². The van der Waals surface area contributed by atoms with Crippen LogP contribution in [-0.2, 0) is 7.05 Å². The standard InChI is InChI=1S/C22H29N9O3/c1-4-24-20(32)19-27-21(29-22(28-19)33-3)31-7-5-14(6-8-31)13-34-17-9-15(10-25-18(17)23)16-11-26-30(2)12-16/h9-12,14H,4-8,13H2,1-3H3,(H2,23,25)(H,24,32). The number of pyridine rings is 1. The number of piperidine rings is 1. The van der Waals surface area contributed by atoms with E-state index in [2.05, 4.69) is 30.4 Å². The van der Waals surface area contributed by atoms with Gasteiger partial charge in [0.1, 0.15) is 0 Å². The van der Waals surface area contributed by atoms with Crippen LogP contribution in [0.4, 0.5) is 11.8 Å². The molecule has 34 heavy (non-hydrogen) atoms. The van der Waals surface area contributed by atoms with Crippen molar-refractivity contribution in [2.45, 2.75) is 19.8 Å². The van der Waals surface area contributed by atoms with Crippen LogP contribution < -0.4 is 25.4 Å². The molecular formula is C22H29N9O3. The van der Waals surface area contributed by atoms with Crippen LogP contribution in [0.2, 0.25) is 0 Å². The van der Waals surface area contributed by atoms with E-state index in [0.29, 0.717) is 36.6 Å². The van der Waals surface area contributed by atoms with Crippen LogP contribution in [0.5, 0.6) is 11.8 Å². The number of nitrogens with zero attached hydrogens (tertiary/aromatic N) is 7. The predicted octanol–water partition coefficient (Wildman–Crippen LogP) is 1.30. The zero-order chi connectivity index (χ0) is 24.1.